The molecular weight excluding hydrogens is 380 g/mol. The zero-order chi connectivity index (χ0) is 20.7. The van der Waals surface area contributed by atoms with Crippen molar-refractivity contribution in [2.45, 2.75) is 13.0 Å². The molecule has 2 aromatic rings. The average molecular weight is 404 g/mol. The van der Waals surface area contributed by atoms with E-state index < -0.39 is 16.1 Å². The summed E-state index contributed by atoms with van der Waals surface area (Å²) in [6, 6.07) is 13.5. The van der Waals surface area contributed by atoms with E-state index in [1.807, 2.05) is 0 Å². The van der Waals surface area contributed by atoms with Crippen LogP contribution in [0.15, 0.2) is 61.2 Å². The molecule has 0 aliphatic rings. The number of sulfonamides is 1. The second-order valence-corrected chi connectivity index (χ2v) is 8.11. The Morgan fingerprint density at radius 2 is 1.89 bits per heavy atom. The maximum atomic E-state index is 12.4. The molecule has 0 heterocycles. The summed E-state index contributed by atoms with van der Waals surface area (Å²) in [7, 11) is -1.87. The van der Waals surface area contributed by atoms with Crippen molar-refractivity contribution in [3.63, 3.8) is 0 Å². The van der Waals surface area contributed by atoms with Crippen molar-refractivity contribution in [3.8, 4) is 11.5 Å². The second-order valence-electron chi connectivity index (χ2n) is 6.10. The summed E-state index contributed by atoms with van der Waals surface area (Å²) < 4.78 is 35.4. The van der Waals surface area contributed by atoms with Gasteiger partial charge >= 0.3 is 0 Å². The Hall–Kier alpha value is -3.00. The predicted octanol–water partition coefficient (Wildman–Crippen LogP) is 3.05. The van der Waals surface area contributed by atoms with Crippen LogP contribution in [0, 0.1) is 0 Å². The van der Waals surface area contributed by atoms with Crippen LogP contribution in [0.3, 0.4) is 0 Å². The van der Waals surface area contributed by atoms with Crippen molar-refractivity contribution in [1.29, 1.82) is 0 Å². The van der Waals surface area contributed by atoms with Crippen LogP contribution in [0.5, 0.6) is 11.5 Å². The van der Waals surface area contributed by atoms with Crippen molar-refractivity contribution in [2.24, 2.45) is 0 Å². The van der Waals surface area contributed by atoms with E-state index in [2.05, 4.69) is 11.9 Å². The molecule has 1 amide bonds. The third-order valence-corrected chi connectivity index (χ3v) is 5.06. The smallest absolute Gasteiger partial charge is 0.265 e. The molecule has 0 spiro atoms. The van der Waals surface area contributed by atoms with Crippen LogP contribution in [-0.4, -0.2) is 40.3 Å². The van der Waals surface area contributed by atoms with Crippen LogP contribution < -0.4 is 19.1 Å². The summed E-state index contributed by atoms with van der Waals surface area (Å²) in [5.41, 5.74) is 1.09. The van der Waals surface area contributed by atoms with E-state index in [4.69, 9.17) is 9.47 Å². The van der Waals surface area contributed by atoms with Crippen molar-refractivity contribution >= 4 is 27.3 Å². The van der Waals surface area contributed by atoms with Gasteiger partial charge in [0, 0.05) is 18.8 Å². The standard InChI is InChI=1S/C20H24N2O5S/c1-5-13-26-19-8-6-7-16(14-19)21-20(23)15(2)27-18-11-9-17(10-12-18)22(3)28(4,24)25/h5-12,14-15H,1,13H2,2-4H3,(H,21,23). The van der Waals surface area contributed by atoms with Crippen molar-refractivity contribution in [1.82, 2.24) is 0 Å². The molecule has 0 saturated heterocycles. The molecule has 1 unspecified atom stereocenters. The van der Waals surface area contributed by atoms with Gasteiger partial charge in [0.2, 0.25) is 10.0 Å². The summed E-state index contributed by atoms with van der Waals surface area (Å²) in [5.74, 6) is 0.756. The molecule has 2 aromatic carbocycles. The molecule has 0 saturated carbocycles. The van der Waals surface area contributed by atoms with E-state index in [0.29, 0.717) is 29.5 Å². The number of benzene rings is 2. The Kier molecular flexibility index (Phi) is 7.06. The fourth-order valence-electron chi connectivity index (χ4n) is 2.25. The van der Waals surface area contributed by atoms with Crippen molar-refractivity contribution in [3.05, 3.63) is 61.2 Å². The van der Waals surface area contributed by atoms with E-state index in [1.54, 1.807) is 61.5 Å². The van der Waals surface area contributed by atoms with Gasteiger partial charge in [-0.1, -0.05) is 18.7 Å². The third kappa shape index (κ3) is 6.02. The molecular formula is C20H24N2O5S. The number of amides is 1. The van der Waals surface area contributed by atoms with Crippen LogP contribution in [0.1, 0.15) is 6.92 Å². The lowest BCUT2D eigenvalue weighted by Gasteiger charge is -2.18. The van der Waals surface area contributed by atoms with Gasteiger partial charge in [0.05, 0.1) is 11.9 Å². The Morgan fingerprint density at radius 1 is 1.21 bits per heavy atom. The molecule has 28 heavy (non-hydrogen) atoms. The highest BCUT2D eigenvalue weighted by Gasteiger charge is 2.16. The van der Waals surface area contributed by atoms with Gasteiger partial charge in [-0.05, 0) is 43.3 Å². The van der Waals surface area contributed by atoms with Gasteiger partial charge in [0.25, 0.3) is 5.91 Å². The Morgan fingerprint density at radius 3 is 2.50 bits per heavy atom. The fraction of sp³-hybridized carbons (Fsp3) is 0.250. The van der Waals surface area contributed by atoms with Gasteiger partial charge < -0.3 is 14.8 Å². The van der Waals surface area contributed by atoms with E-state index >= 15 is 0 Å². The number of ether oxygens (including phenoxy) is 2. The number of hydrogen-bond acceptors (Lipinski definition) is 5. The van der Waals surface area contributed by atoms with Gasteiger partial charge in [-0.2, -0.15) is 0 Å². The number of nitrogens with one attached hydrogen (secondary N) is 1. The Balaban J connectivity index is 1.98. The van der Waals surface area contributed by atoms with Crippen LogP contribution >= 0.6 is 0 Å². The molecule has 7 nitrogen and oxygen atoms in total. The molecule has 2 rings (SSSR count). The summed E-state index contributed by atoms with van der Waals surface area (Å²) in [6.07, 6.45) is 2.01. The number of carbonyl (C=O) groups is 1. The molecule has 0 aliphatic heterocycles. The second kappa shape index (κ2) is 9.27. The lowest BCUT2D eigenvalue weighted by atomic mass is 10.2. The zero-order valence-electron chi connectivity index (χ0n) is 16.1. The number of carbonyl (C=O) groups excluding carboxylic acids is 1. The van der Waals surface area contributed by atoms with Crippen molar-refractivity contribution < 1.29 is 22.7 Å². The molecule has 0 bridgehead atoms. The molecule has 1 N–H and O–H groups in total. The molecule has 0 radical (unpaired) electrons. The monoisotopic (exact) mass is 404 g/mol. The van der Waals surface area contributed by atoms with Crippen molar-refractivity contribution in [2.75, 3.05) is 29.5 Å². The largest absolute Gasteiger partial charge is 0.489 e. The topological polar surface area (TPSA) is 84.9 Å². The van der Waals surface area contributed by atoms with Crippen LogP contribution in [0.4, 0.5) is 11.4 Å². The summed E-state index contributed by atoms with van der Waals surface area (Å²) in [6.45, 7) is 5.60. The third-order valence-electron chi connectivity index (χ3n) is 3.85. The highest BCUT2D eigenvalue weighted by molar-refractivity contribution is 7.92. The first kappa shape index (κ1) is 21.3. The zero-order valence-corrected chi connectivity index (χ0v) is 16.9. The lowest BCUT2D eigenvalue weighted by molar-refractivity contribution is -0.122. The van der Waals surface area contributed by atoms with Gasteiger partial charge in [-0.3, -0.25) is 9.10 Å². The van der Waals surface area contributed by atoms with E-state index in [9.17, 15) is 13.2 Å². The first-order valence-corrected chi connectivity index (χ1v) is 10.4. The van der Waals surface area contributed by atoms with Crippen LogP contribution in [0.25, 0.3) is 0 Å². The summed E-state index contributed by atoms with van der Waals surface area (Å²) in [5, 5.41) is 2.77. The van der Waals surface area contributed by atoms with Gasteiger partial charge in [0.1, 0.15) is 18.1 Å². The number of anilines is 2. The quantitative estimate of drug-likeness (QED) is 0.650. The highest BCUT2D eigenvalue weighted by Crippen LogP contribution is 2.22. The molecule has 1 atom stereocenters. The van der Waals surface area contributed by atoms with E-state index in [0.717, 1.165) is 10.6 Å². The fourth-order valence-corrected chi connectivity index (χ4v) is 2.75. The normalized spacial score (nSPS) is 12.0. The van der Waals surface area contributed by atoms with Crippen LogP contribution in [0.2, 0.25) is 0 Å². The number of rotatable bonds is 9. The highest BCUT2D eigenvalue weighted by atomic mass is 32.2. The minimum Gasteiger partial charge on any atom is -0.489 e. The first-order valence-electron chi connectivity index (χ1n) is 8.56. The molecule has 150 valence electrons. The van der Waals surface area contributed by atoms with E-state index in [1.165, 1.54) is 7.05 Å². The summed E-state index contributed by atoms with van der Waals surface area (Å²) in [4.78, 5) is 12.4. The maximum Gasteiger partial charge on any atom is 0.265 e. The number of nitrogens with zero attached hydrogens (tertiary/aromatic N) is 1. The summed E-state index contributed by atoms with van der Waals surface area (Å²) >= 11 is 0. The van der Waals surface area contributed by atoms with Gasteiger partial charge in [-0.25, -0.2) is 8.42 Å². The predicted molar refractivity (Wildman–Crippen MR) is 111 cm³/mol. The van der Waals surface area contributed by atoms with E-state index in [-0.39, 0.29) is 5.91 Å². The minimum atomic E-state index is -3.34. The first-order chi connectivity index (χ1) is 13.2. The average Bonchev–Trinajstić information content (AvgIpc) is 2.66. The van der Waals surface area contributed by atoms with Gasteiger partial charge in [0.15, 0.2) is 6.10 Å². The minimum absolute atomic E-state index is 0.321. The van der Waals surface area contributed by atoms with Crippen LogP contribution in [-0.2, 0) is 14.8 Å². The van der Waals surface area contributed by atoms with Gasteiger partial charge in [-0.15, -0.1) is 0 Å². The molecule has 0 aromatic heterocycles. The molecule has 8 heteroatoms. The Bertz CT molecular complexity index is 926. The SMILES string of the molecule is C=CCOc1cccc(NC(=O)C(C)Oc2ccc(N(C)S(C)(=O)=O)cc2)c1. The maximum absolute atomic E-state index is 12.4. The molecule has 0 fully saturated rings. The molecule has 0 aliphatic carbocycles. The Labute approximate surface area is 165 Å². The lowest BCUT2D eigenvalue weighted by Crippen LogP contribution is -2.30. The number of hydrogen-bond donors (Lipinski definition) is 1.